The predicted octanol–water partition coefficient (Wildman–Crippen LogP) is 0.753. The van der Waals surface area contributed by atoms with Crippen LogP contribution in [0.5, 0.6) is 0 Å². The Morgan fingerprint density at radius 2 is 1.70 bits per heavy atom. The third kappa shape index (κ3) is 5.47. The summed E-state index contributed by atoms with van der Waals surface area (Å²) in [6.45, 7) is 1.26. The van der Waals surface area contributed by atoms with Crippen LogP contribution in [0.4, 0.5) is 21.0 Å². The molecule has 10 heteroatoms. The maximum Gasteiger partial charge on any atom is 0.321 e. The van der Waals surface area contributed by atoms with E-state index in [-0.39, 0.29) is 25.2 Å². The first-order valence-corrected chi connectivity index (χ1v) is 9.28. The maximum absolute atomic E-state index is 12.1. The van der Waals surface area contributed by atoms with Crippen molar-refractivity contribution in [2.24, 2.45) is 5.73 Å². The Kier molecular flexibility index (Phi) is 6.48. The Bertz CT molecular complexity index is 943. The highest BCUT2D eigenvalue weighted by Gasteiger charge is 2.20. The molecule has 0 atom stereocenters. The van der Waals surface area contributed by atoms with Crippen LogP contribution in [0.3, 0.4) is 0 Å². The van der Waals surface area contributed by atoms with Gasteiger partial charge in [-0.15, -0.1) is 0 Å². The molecule has 0 aromatic heterocycles. The van der Waals surface area contributed by atoms with Crippen LogP contribution in [0.15, 0.2) is 48.5 Å². The first-order valence-electron chi connectivity index (χ1n) is 9.28. The average molecular weight is 410 g/mol. The number of rotatable bonds is 7. The number of hydrogen-bond acceptors (Lipinski definition) is 4. The molecule has 0 unspecified atom stereocenters. The number of anilines is 2. The van der Waals surface area contributed by atoms with Gasteiger partial charge < -0.3 is 27.0 Å². The van der Waals surface area contributed by atoms with Crippen LogP contribution in [0.2, 0.25) is 0 Å². The van der Waals surface area contributed by atoms with Crippen molar-refractivity contribution < 1.29 is 19.2 Å². The summed E-state index contributed by atoms with van der Waals surface area (Å²) in [6.07, 6.45) is 0. The van der Waals surface area contributed by atoms with Gasteiger partial charge in [0, 0.05) is 36.6 Å². The van der Waals surface area contributed by atoms with Gasteiger partial charge in [0.25, 0.3) is 5.91 Å². The quantitative estimate of drug-likeness (QED) is 0.458. The fourth-order valence-corrected chi connectivity index (χ4v) is 2.84. The second-order valence-corrected chi connectivity index (χ2v) is 6.58. The molecule has 1 heterocycles. The minimum atomic E-state index is -0.619. The molecule has 0 saturated carbocycles. The van der Waals surface area contributed by atoms with E-state index in [1.807, 2.05) is 0 Å². The summed E-state index contributed by atoms with van der Waals surface area (Å²) in [5.74, 6) is -1.02. The van der Waals surface area contributed by atoms with Crippen molar-refractivity contribution in [2.45, 2.75) is 6.54 Å². The number of benzene rings is 2. The van der Waals surface area contributed by atoms with Crippen LogP contribution >= 0.6 is 0 Å². The number of nitrogens with two attached hydrogens (primary N) is 1. The van der Waals surface area contributed by atoms with Crippen LogP contribution < -0.4 is 31.9 Å². The highest BCUT2D eigenvalue weighted by molar-refractivity contribution is 5.96. The molecule has 2 aromatic rings. The van der Waals surface area contributed by atoms with Gasteiger partial charge >= 0.3 is 12.1 Å². The topological polar surface area (TPSA) is 146 Å². The summed E-state index contributed by atoms with van der Waals surface area (Å²) >= 11 is 0. The zero-order valence-corrected chi connectivity index (χ0v) is 16.1. The molecule has 0 radical (unpaired) electrons. The fraction of sp³-hybridized carbons (Fsp3) is 0.200. The minimum Gasteiger partial charge on any atom is -0.368 e. The Morgan fingerprint density at radius 3 is 2.30 bits per heavy atom. The van der Waals surface area contributed by atoms with E-state index in [1.54, 1.807) is 53.4 Å². The second-order valence-electron chi connectivity index (χ2n) is 6.58. The number of hydrogen-bond donors (Lipinski definition) is 5. The van der Waals surface area contributed by atoms with E-state index in [4.69, 9.17) is 5.73 Å². The molecule has 10 nitrogen and oxygen atoms in total. The maximum atomic E-state index is 12.1. The summed E-state index contributed by atoms with van der Waals surface area (Å²) in [5, 5.41) is 10.6. The van der Waals surface area contributed by atoms with E-state index in [0.717, 1.165) is 11.3 Å². The third-order valence-electron chi connectivity index (χ3n) is 4.39. The first kappa shape index (κ1) is 20.6. The standard InChI is InChI=1S/C20H22N6O4/c21-17(27)12-23-18(28)14-3-1-13(2-4-14)11-24-19(29)25-15-5-7-16(8-6-15)26-10-9-22-20(26)30/h1-8H,9-12H2,(H2,21,27)(H,22,30)(H,23,28)(H2,24,25,29). The second kappa shape index (κ2) is 9.41. The first-order chi connectivity index (χ1) is 14.4. The summed E-state index contributed by atoms with van der Waals surface area (Å²) in [7, 11) is 0. The highest BCUT2D eigenvalue weighted by atomic mass is 16.2. The Balaban J connectivity index is 1.47. The molecule has 3 rings (SSSR count). The molecule has 30 heavy (non-hydrogen) atoms. The Morgan fingerprint density at radius 1 is 1.00 bits per heavy atom. The molecule has 0 spiro atoms. The third-order valence-corrected chi connectivity index (χ3v) is 4.39. The minimum absolute atomic E-state index is 0.134. The number of primary amides is 1. The lowest BCUT2D eigenvalue weighted by molar-refractivity contribution is -0.117. The number of nitrogens with one attached hydrogen (secondary N) is 4. The van der Waals surface area contributed by atoms with Crippen molar-refractivity contribution in [3.63, 3.8) is 0 Å². The molecular weight excluding hydrogens is 388 g/mol. The van der Waals surface area contributed by atoms with Crippen molar-refractivity contribution in [1.82, 2.24) is 16.0 Å². The van der Waals surface area contributed by atoms with Gasteiger partial charge in [-0.3, -0.25) is 14.5 Å². The molecule has 6 N–H and O–H groups in total. The van der Waals surface area contributed by atoms with E-state index in [1.165, 1.54) is 0 Å². The lowest BCUT2D eigenvalue weighted by atomic mass is 10.1. The molecule has 2 aromatic carbocycles. The van der Waals surface area contributed by atoms with E-state index in [0.29, 0.717) is 24.3 Å². The number of amides is 6. The number of urea groups is 2. The monoisotopic (exact) mass is 410 g/mol. The summed E-state index contributed by atoms with van der Waals surface area (Å²) in [4.78, 5) is 47.9. The van der Waals surface area contributed by atoms with Gasteiger partial charge in [-0.05, 0) is 42.0 Å². The van der Waals surface area contributed by atoms with Crippen LogP contribution in [-0.4, -0.2) is 43.5 Å². The molecule has 1 aliphatic rings. The smallest absolute Gasteiger partial charge is 0.321 e. The van der Waals surface area contributed by atoms with Gasteiger partial charge in [0.1, 0.15) is 0 Å². The summed E-state index contributed by atoms with van der Waals surface area (Å²) < 4.78 is 0. The summed E-state index contributed by atoms with van der Waals surface area (Å²) in [5.41, 5.74) is 7.53. The van der Waals surface area contributed by atoms with Gasteiger partial charge in [0.2, 0.25) is 5.91 Å². The number of carbonyl (C=O) groups excluding carboxylic acids is 4. The molecule has 156 valence electrons. The normalized spacial score (nSPS) is 12.8. The van der Waals surface area contributed by atoms with Crippen molar-refractivity contribution >= 4 is 35.3 Å². The lowest BCUT2D eigenvalue weighted by Gasteiger charge is -2.15. The molecule has 1 saturated heterocycles. The molecule has 0 aliphatic carbocycles. The van der Waals surface area contributed by atoms with E-state index in [9.17, 15) is 19.2 Å². The van der Waals surface area contributed by atoms with Crippen LogP contribution in [0.1, 0.15) is 15.9 Å². The van der Waals surface area contributed by atoms with Crippen LogP contribution in [-0.2, 0) is 11.3 Å². The summed E-state index contributed by atoms with van der Waals surface area (Å²) in [6, 6.07) is 13.1. The van der Waals surface area contributed by atoms with Gasteiger partial charge in [-0.25, -0.2) is 9.59 Å². The van der Waals surface area contributed by atoms with E-state index < -0.39 is 11.8 Å². The largest absolute Gasteiger partial charge is 0.368 e. The van der Waals surface area contributed by atoms with Gasteiger partial charge in [0.15, 0.2) is 0 Å². The van der Waals surface area contributed by atoms with Crippen LogP contribution in [0, 0.1) is 0 Å². The number of nitrogens with zero attached hydrogens (tertiary/aromatic N) is 1. The fourth-order valence-electron chi connectivity index (χ4n) is 2.84. The van der Waals surface area contributed by atoms with Crippen molar-refractivity contribution in [3.8, 4) is 0 Å². The van der Waals surface area contributed by atoms with Crippen molar-refractivity contribution in [3.05, 3.63) is 59.7 Å². The van der Waals surface area contributed by atoms with Gasteiger partial charge in [-0.2, -0.15) is 0 Å². The zero-order valence-electron chi connectivity index (χ0n) is 16.1. The molecule has 1 aliphatic heterocycles. The molecular formula is C20H22N6O4. The SMILES string of the molecule is NC(=O)CNC(=O)c1ccc(CNC(=O)Nc2ccc(N3CCNC3=O)cc2)cc1. The Labute approximate surface area is 172 Å². The lowest BCUT2D eigenvalue weighted by Crippen LogP contribution is -2.33. The predicted molar refractivity (Wildman–Crippen MR) is 111 cm³/mol. The van der Waals surface area contributed by atoms with E-state index in [2.05, 4.69) is 21.3 Å². The molecule has 6 amide bonds. The number of carbonyl (C=O) groups is 4. The zero-order chi connectivity index (χ0) is 21.5. The molecule has 0 bridgehead atoms. The van der Waals surface area contributed by atoms with Crippen molar-refractivity contribution in [2.75, 3.05) is 29.9 Å². The molecule has 1 fully saturated rings. The van der Waals surface area contributed by atoms with E-state index >= 15 is 0 Å². The van der Waals surface area contributed by atoms with Crippen LogP contribution in [0.25, 0.3) is 0 Å². The average Bonchev–Trinajstić information content (AvgIpc) is 3.17. The van der Waals surface area contributed by atoms with Gasteiger partial charge in [-0.1, -0.05) is 12.1 Å². The van der Waals surface area contributed by atoms with Gasteiger partial charge in [0.05, 0.1) is 6.54 Å². The van der Waals surface area contributed by atoms with Crippen molar-refractivity contribution in [1.29, 1.82) is 0 Å². The Hall–Kier alpha value is -4.08. The highest BCUT2D eigenvalue weighted by Crippen LogP contribution is 2.19.